The smallest absolute Gasteiger partial charge is 0.264 e. The maximum atomic E-state index is 13.4. The van der Waals surface area contributed by atoms with Crippen molar-refractivity contribution in [2.45, 2.75) is 69.1 Å². The number of nitrogens with zero attached hydrogens (tertiary/aromatic N) is 1. The van der Waals surface area contributed by atoms with Gasteiger partial charge in [0.05, 0.1) is 23.6 Å². The summed E-state index contributed by atoms with van der Waals surface area (Å²) in [4.78, 5) is 27.9. The van der Waals surface area contributed by atoms with E-state index in [0.717, 1.165) is 42.8 Å². The van der Waals surface area contributed by atoms with Crippen molar-refractivity contribution in [1.82, 2.24) is 10.0 Å². The van der Waals surface area contributed by atoms with Crippen LogP contribution in [0.1, 0.15) is 67.4 Å². The zero-order valence-electron chi connectivity index (χ0n) is 26.8. The van der Waals surface area contributed by atoms with E-state index in [1.807, 2.05) is 25.1 Å². The van der Waals surface area contributed by atoms with E-state index >= 15 is 0 Å². The Kier molecular flexibility index (Phi) is 9.43. The van der Waals surface area contributed by atoms with Gasteiger partial charge >= 0.3 is 0 Å². The van der Waals surface area contributed by atoms with E-state index in [9.17, 15) is 18.0 Å². The first kappa shape index (κ1) is 32.8. The van der Waals surface area contributed by atoms with Gasteiger partial charge in [0.1, 0.15) is 12.4 Å². The third-order valence-electron chi connectivity index (χ3n) is 10.7. The molecule has 11 heteroatoms. The van der Waals surface area contributed by atoms with E-state index < -0.39 is 21.2 Å². The molecule has 6 rings (SSSR count). The van der Waals surface area contributed by atoms with Crippen molar-refractivity contribution in [2.24, 2.45) is 17.8 Å². The zero-order valence-corrected chi connectivity index (χ0v) is 28.3. The summed E-state index contributed by atoms with van der Waals surface area (Å²) < 4.78 is 41.7. The van der Waals surface area contributed by atoms with Crippen molar-refractivity contribution < 1.29 is 27.5 Å². The van der Waals surface area contributed by atoms with Crippen molar-refractivity contribution >= 4 is 39.1 Å². The Bertz CT molecular complexity index is 1630. The highest BCUT2D eigenvalue weighted by molar-refractivity contribution is 7.90. The number of hydrogen-bond donors (Lipinski definition) is 2. The topological polar surface area (TPSA) is 114 Å². The van der Waals surface area contributed by atoms with Gasteiger partial charge in [0, 0.05) is 36.1 Å². The first-order valence-electron chi connectivity index (χ1n) is 16.4. The van der Waals surface area contributed by atoms with Crippen LogP contribution < -0.4 is 19.7 Å². The van der Waals surface area contributed by atoms with Crippen LogP contribution in [0, 0.1) is 17.8 Å². The van der Waals surface area contributed by atoms with Gasteiger partial charge in [-0.25, -0.2) is 13.1 Å². The fourth-order valence-electron chi connectivity index (χ4n) is 7.56. The number of allylic oxidation sites excluding steroid dienone is 1. The minimum absolute atomic E-state index is 0.0483. The maximum absolute atomic E-state index is 13.4. The summed E-state index contributed by atoms with van der Waals surface area (Å²) in [5.41, 5.74) is 3.25. The van der Waals surface area contributed by atoms with Gasteiger partial charge in [-0.2, -0.15) is 0 Å². The Hall–Kier alpha value is -3.08. The summed E-state index contributed by atoms with van der Waals surface area (Å²) in [5, 5.41) is 2.55. The Labute approximate surface area is 277 Å². The number of ether oxygens (including phenoxy) is 2. The van der Waals surface area contributed by atoms with Crippen molar-refractivity contribution in [3.05, 3.63) is 70.3 Å². The molecule has 2 aromatic carbocycles. The molecule has 2 bridgehead atoms. The molecule has 1 spiro atoms. The molecule has 1 saturated carbocycles. The molecule has 2 N–H and O–H groups in total. The highest BCUT2D eigenvalue weighted by atomic mass is 35.5. The number of halogens is 1. The molecule has 0 radical (unpaired) electrons. The number of hydrogen-bond acceptors (Lipinski definition) is 7. The standard InChI is InChI=1S/C35H44ClN3O6S/c1-22-6-4-8-31(44-19-33(40)37-3)28-12-9-26(28)18-39-20-35(15-5-7-24-16-27(36)11-13-29(24)35)21-45-32-14-10-25(17-30(32)39)34(41)38-46(42,43)23(22)2/h4,8,10-11,13-14,16-17,22-23,26,28,31H,5-7,9,12,15,18-21H2,1-3H3,(H,37,40)(H,38,41)/b8-4-/t22-,23+,26-,28+,31-,35-/m0/s1. The number of nitrogens with one attached hydrogen (secondary N) is 2. The lowest BCUT2D eigenvalue weighted by Crippen LogP contribution is -2.50. The molecule has 6 atom stereocenters. The Balaban J connectivity index is 1.41. The highest BCUT2D eigenvalue weighted by Crippen LogP contribution is 2.47. The van der Waals surface area contributed by atoms with Crippen LogP contribution >= 0.6 is 11.6 Å². The predicted octanol–water partition coefficient (Wildman–Crippen LogP) is 5.01. The number of rotatable bonds is 3. The monoisotopic (exact) mass is 669 g/mol. The summed E-state index contributed by atoms with van der Waals surface area (Å²) in [6.45, 7) is 5.30. The lowest BCUT2D eigenvalue weighted by Gasteiger charge is -2.46. The second kappa shape index (κ2) is 13.2. The predicted molar refractivity (Wildman–Crippen MR) is 179 cm³/mol. The zero-order chi connectivity index (χ0) is 32.6. The summed E-state index contributed by atoms with van der Waals surface area (Å²) in [6.07, 6.45) is 9.05. The number of carbonyl (C=O) groups excluding carboxylic acids is 2. The molecule has 1 fully saturated rings. The van der Waals surface area contributed by atoms with Crippen LogP contribution in [0.5, 0.6) is 5.75 Å². The van der Waals surface area contributed by atoms with Gasteiger partial charge in [0.15, 0.2) is 0 Å². The fourth-order valence-corrected chi connectivity index (χ4v) is 9.04. The lowest BCUT2D eigenvalue weighted by molar-refractivity contribution is -0.128. The van der Waals surface area contributed by atoms with Gasteiger partial charge in [-0.05, 0) is 105 Å². The van der Waals surface area contributed by atoms with Gasteiger partial charge in [0.2, 0.25) is 15.9 Å². The molecule has 2 aliphatic carbocycles. The van der Waals surface area contributed by atoms with Crippen molar-refractivity contribution in [1.29, 1.82) is 0 Å². The summed E-state index contributed by atoms with van der Waals surface area (Å²) in [7, 11) is -2.36. The highest BCUT2D eigenvalue weighted by Gasteiger charge is 2.44. The quantitative estimate of drug-likeness (QED) is 0.442. The average molecular weight is 670 g/mol. The molecule has 2 amide bonds. The first-order valence-corrected chi connectivity index (χ1v) is 18.3. The molecule has 2 aliphatic heterocycles. The average Bonchev–Trinajstić information content (AvgIpc) is 3.17. The second-order valence-corrected chi connectivity index (χ2v) is 16.0. The minimum Gasteiger partial charge on any atom is -0.490 e. The number of sulfonamides is 1. The van der Waals surface area contributed by atoms with Crippen LogP contribution in [-0.2, 0) is 31.4 Å². The maximum Gasteiger partial charge on any atom is 0.264 e. The van der Waals surface area contributed by atoms with Gasteiger partial charge in [-0.15, -0.1) is 0 Å². The molecular formula is C35H44ClN3O6S. The van der Waals surface area contributed by atoms with Crippen molar-refractivity contribution in [3.8, 4) is 5.75 Å². The number of anilines is 1. The third kappa shape index (κ3) is 6.53. The molecule has 9 nitrogen and oxygen atoms in total. The molecule has 4 aliphatic rings. The van der Waals surface area contributed by atoms with Crippen LogP contribution in [0.15, 0.2) is 48.6 Å². The lowest BCUT2D eigenvalue weighted by atomic mass is 9.68. The molecule has 0 aromatic heterocycles. The number of fused-ring (bicyclic) bond motifs is 4. The Morgan fingerprint density at radius 2 is 2.02 bits per heavy atom. The van der Waals surface area contributed by atoms with Gasteiger partial charge < -0.3 is 19.7 Å². The van der Waals surface area contributed by atoms with Crippen LogP contribution in [-0.4, -0.2) is 64.9 Å². The van der Waals surface area contributed by atoms with E-state index in [-0.39, 0.29) is 47.4 Å². The number of likely N-dealkylation sites (N-methyl/N-ethyl adjacent to an activating group) is 1. The van der Waals surface area contributed by atoms with Gasteiger partial charge in [0.25, 0.3) is 5.91 Å². The molecule has 2 aromatic rings. The summed E-state index contributed by atoms with van der Waals surface area (Å²) in [6, 6.07) is 11.4. The normalized spacial score (nSPS) is 31.3. The van der Waals surface area contributed by atoms with Crippen LogP contribution in [0.3, 0.4) is 0 Å². The van der Waals surface area contributed by atoms with E-state index in [0.29, 0.717) is 31.9 Å². The molecule has 0 saturated heterocycles. The molecular weight excluding hydrogens is 626 g/mol. The molecule has 0 unspecified atom stereocenters. The fraction of sp³-hybridized carbons (Fsp3) is 0.543. The number of benzene rings is 2. The SMILES string of the molecule is CNC(=O)CO[C@H]1/C=C\C[C@H](C)[C@@H](C)S(=O)(=O)NC(=O)c2ccc3c(c2)N(C[C@@H]2CC[C@H]21)C[C@@]1(CCCc2cc(Cl)ccc21)CO3. The minimum atomic E-state index is -3.96. The van der Waals surface area contributed by atoms with Crippen LogP contribution in [0.4, 0.5) is 5.69 Å². The second-order valence-electron chi connectivity index (χ2n) is 13.6. The molecule has 248 valence electrons. The van der Waals surface area contributed by atoms with E-state index in [1.165, 1.54) is 11.1 Å². The van der Waals surface area contributed by atoms with E-state index in [2.05, 4.69) is 27.1 Å². The van der Waals surface area contributed by atoms with E-state index in [1.54, 1.807) is 32.2 Å². The van der Waals surface area contributed by atoms with Crippen molar-refractivity contribution in [3.63, 3.8) is 0 Å². The third-order valence-corrected chi connectivity index (χ3v) is 12.8. The van der Waals surface area contributed by atoms with Gasteiger partial charge in [-0.3, -0.25) is 9.59 Å². The van der Waals surface area contributed by atoms with E-state index in [4.69, 9.17) is 21.1 Å². The van der Waals surface area contributed by atoms with Gasteiger partial charge in [-0.1, -0.05) is 36.7 Å². The van der Waals surface area contributed by atoms with Crippen molar-refractivity contribution in [2.75, 3.05) is 38.3 Å². The first-order chi connectivity index (χ1) is 22.0. The van der Waals surface area contributed by atoms with Crippen LogP contribution in [0.25, 0.3) is 0 Å². The molecule has 2 heterocycles. The number of carbonyl (C=O) groups is 2. The summed E-state index contributed by atoms with van der Waals surface area (Å²) in [5.74, 6) is 0.0281. The number of aryl methyl sites for hydroxylation is 1. The Morgan fingerprint density at radius 3 is 2.78 bits per heavy atom. The number of amides is 2. The van der Waals surface area contributed by atoms with Crippen LogP contribution in [0.2, 0.25) is 5.02 Å². The summed E-state index contributed by atoms with van der Waals surface area (Å²) >= 11 is 6.42. The largest absolute Gasteiger partial charge is 0.490 e. The molecule has 46 heavy (non-hydrogen) atoms. The Morgan fingerprint density at radius 1 is 1.20 bits per heavy atom.